The van der Waals surface area contributed by atoms with Gasteiger partial charge < -0.3 is 15.6 Å². The second-order valence-corrected chi connectivity index (χ2v) is 6.34. The number of nitrogens with one attached hydrogen (secondary N) is 1. The second kappa shape index (κ2) is 9.04. The van der Waals surface area contributed by atoms with Gasteiger partial charge in [0.25, 0.3) is 0 Å². The fraction of sp³-hybridized carbons (Fsp3) is 0.786. The first-order valence-corrected chi connectivity index (χ1v) is 8.54. The van der Waals surface area contributed by atoms with Gasteiger partial charge in [-0.3, -0.25) is 4.79 Å². The molecule has 0 fully saturated rings. The summed E-state index contributed by atoms with van der Waals surface area (Å²) in [6.07, 6.45) is 2.87. The van der Waals surface area contributed by atoms with Crippen LogP contribution < -0.4 is 11.1 Å². The van der Waals surface area contributed by atoms with Crippen molar-refractivity contribution >= 4 is 17.7 Å². The molecule has 0 saturated heterocycles. The minimum atomic E-state index is -0.198. The molecule has 0 bridgehead atoms. The second-order valence-electron chi connectivity index (χ2n) is 5.04. The molecule has 1 heterocycles. The van der Waals surface area contributed by atoms with E-state index in [1.807, 2.05) is 11.5 Å². The fourth-order valence-electron chi connectivity index (χ4n) is 2.03. The molecule has 21 heavy (non-hydrogen) atoms. The third-order valence-electron chi connectivity index (χ3n) is 3.41. The van der Waals surface area contributed by atoms with E-state index < -0.39 is 0 Å². The van der Waals surface area contributed by atoms with E-state index in [-0.39, 0.29) is 17.2 Å². The molecule has 0 aliphatic carbocycles. The van der Waals surface area contributed by atoms with Crippen LogP contribution in [0.5, 0.6) is 0 Å². The average Bonchev–Trinajstić information content (AvgIpc) is 2.87. The van der Waals surface area contributed by atoms with Crippen molar-refractivity contribution in [3.05, 3.63) is 5.82 Å². The van der Waals surface area contributed by atoms with Gasteiger partial charge in [-0.25, -0.2) is 0 Å². The minimum absolute atomic E-state index is 0.0500. The Kier molecular flexibility index (Phi) is 7.74. The number of hydrogen-bond donors (Lipinski definition) is 2. The first kappa shape index (κ1) is 18.0. The topological polar surface area (TPSA) is 85.8 Å². The summed E-state index contributed by atoms with van der Waals surface area (Å²) < 4.78 is 2.01. The summed E-state index contributed by atoms with van der Waals surface area (Å²) in [5.74, 6) is 0.820. The number of carbonyl (C=O) groups excluding carboxylic acids is 1. The van der Waals surface area contributed by atoms with E-state index in [0.717, 1.165) is 36.8 Å². The van der Waals surface area contributed by atoms with Crippen molar-refractivity contribution in [1.29, 1.82) is 0 Å². The van der Waals surface area contributed by atoms with Crippen molar-refractivity contribution in [3.63, 3.8) is 0 Å². The summed E-state index contributed by atoms with van der Waals surface area (Å²) in [5.41, 5.74) is 5.67. The van der Waals surface area contributed by atoms with Crippen LogP contribution in [0.25, 0.3) is 0 Å². The molecule has 1 amide bonds. The van der Waals surface area contributed by atoms with Crippen molar-refractivity contribution in [3.8, 4) is 0 Å². The Morgan fingerprint density at radius 3 is 2.52 bits per heavy atom. The average molecular weight is 313 g/mol. The minimum Gasteiger partial charge on any atom is -0.352 e. The number of carbonyl (C=O) groups is 1. The molecule has 0 aromatic carbocycles. The fourth-order valence-corrected chi connectivity index (χ4v) is 2.93. The summed E-state index contributed by atoms with van der Waals surface area (Å²) in [6.45, 7) is 9.34. The number of amides is 1. The van der Waals surface area contributed by atoms with Crippen molar-refractivity contribution in [2.45, 2.75) is 76.5 Å². The van der Waals surface area contributed by atoms with Crippen molar-refractivity contribution in [1.82, 2.24) is 20.1 Å². The van der Waals surface area contributed by atoms with Crippen LogP contribution in [0.15, 0.2) is 5.16 Å². The Labute approximate surface area is 131 Å². The first-order chi connectivity index (χ1) is 10.1. The highest BCUT2D eigenvalue weighted by Crippen LogP contribution is 2.23. The number of hydrogen-bond acceptors (Lipinski definition) is 5. The van der Waals surface area contributed by atoms with E-state index in [2.05, 4.69) is 36.3 Å². The number of nitrogens with zero attached hydrogens (tertiary/aromatic N) is 3. The molecule has 1 atom stereocenters. The van der Waals surface area contributed by atoms with Gasteiger partial charge in [-0.1, -0.05) is 32.5 Å². The molecule has 0 radical (unpaired) electrons. The van der Waals surface area contributed by atoms with Gasteiger partial charge in [0.1, 0.15) is 5.82 Å². The van der Waals surface area contributed by atoms with E-state index in [1.165, 1.54) is 11.8 Å². The largest absolute Gasteiger partial charge is 0.352 e. The van der Waals surface area contributed by atoms with Crippen LogP contribution in [0.2, 0.25) is 0 Å². The molecule has 7 heteroatoms. The highest BCUT2D eigenvalue weighted by atomic mass is 32.2. The predicted octanol–water partition coefficient (Wildman–Crippen LogP) is 1.93. The van der Waals surface area contributed by atoms with Crippen LogP contribution in [0.4, 0.5) is 0 Å². The number of nitrogens with two attached hydrogens (primary N) is 1. The lowest BCUT2D eigenvalue weighted by atomic mass is 10.2. The normalized spacial score (nSPS) is 12.7. The number of thioether (sulfide) groups is 1. The summed E-state index contributed by atoms with van der Waals surface area (Å²) in [7, 11) is 0. The van der Waals surface area contributed by atoms with Crippen LogP contribution in [0.3, 0.4) is 0 Å². The Morgan fingerprint density at radius 2 is 2.00 bits per heavy atom. The quantitative estimate of drug-likeness (QED) is 0.680. The maximum absolute atomic E-state index is 12.2. The monoisotopic (exact) mass is 313 g/mol. The van der Waals surface area contributed by atoms with Gasteiger partial charge in [0.05, 0.1) is 11.8 Å². The van der Waals surface area contributed by atoms with Crippen molar-refractivity contribution in [2.75, 3.05) is 0 Å². The predicted molar refractivity (Wildman–Crippen MR) is 86.0 cm³/mol. The summed E-state index contributed by atoms with van der Waals surface area (Å²) >= 11 is 1.44. The summed E-state index contributed by atoms with van der Waals surface area (Å²) in [6, 6.07) is 0.244. The lowest BCUT2D eigenvalue weighted by Gasteiger charge is -2.18. The number of aromatic nitrogens is 3. The standard InChI is InChI=1S/C14H27N5OS/c1-5-8-19-12(9-15)17-18-14(19)21-10(4)13(20)16-11(6-2)7-3/h10-11H,5-9,15H2,1-4H3,(H,16,20). The Hall–Kier alpha value is -1.08. The Bertz CT molecular complexity index is 445. The van der Waals surface area contributed by atoms with Gasteiger partial charge in [-0.05, 0) is 26.2 Å². The van der Waals surface area contributed by atoms with Crippen LogP contribution in [-0.2, 0) is 17.9 Å². The lowest BCUT2D eigenvalue weighted by Crippen LogP contribution is -2.38. The Morgan fingerprint density at radius 1 is 1.33 bits per heavy atom. The molecule has 1 aromatic heterocycles. The molecule has 0 saturated carbocycles. The zero-order valence-electron chi connectivity index (χ0n) is 13.4. The molecule has 1 unspecified atom stereocenters. The van der Waals surface area contributed by atoms with Crippen LogP contribution in [0.1, 0.15) is 52.8 Å². The first-order valence-electron chi connectivity index (χ1n) is 7.66. The van der Waals surface area contributed by atoms with Gasteiger partial charge in [-0.2, -0.15) is 0 Å². The van der Waals surface area contributed by atoms with E-state index >= 15 is 0 Å². The summed E-state index contributed by atoms with van der Waals surface area (Å²) in [4.78, 5) is 12.2. The zero-order valence-corrected chi connectivity index (χ0v) is 14.2. The van der Waals surface area contributed by atoms with Crippen molar-refractivity contribution in [2.24, 2.45) is 5.73 Å². The SMILES string of the molecule is CCCn1c(CN)nnc1SC(C)C(=O)NC(CC)CC. The lowest BCUT2D eigenvalue weighted by molar-refractivity contribution is -0.121. The van der Waals surface area contributed by atoms with Crippen LogP contribution in [-0.4, -0.2) is 32.0 Å². The smallest absolute Gasteiger partial charge is 0.233 e. The molecular formula is C14H27N5OS. The molecule has 6 nitrogen and oxygen atoms in total. The van der Waals surface area contributed by atoms with Gasteiger partial charge in [0, 0.05) is 12.6 Å². The third kappa shape index (κ3) is 5.00. The van der Waals surface area contributed by atoms with Gasteiger partial charge in [-0.15, -0.1) is 10.2 Å². The number of rotatable bonds is 9. The van der Waals surface area contributed by atoms with Crippen molar-refractivity contribution < 1.29 is 4.79 Å². The van der Waals surface area contributed by atoms with E-state index in [9.17, 15) is 4.79 Å². The third-order valence-corrected chi connectivity index (χ3v) is 4.49. The van der Waals surface area contributed by atoms with Crippen LogP contribution in [0, 0.1) is 0 Å². The molecule has 120 valence electrons. The molecule has 0 aliphatic heterocycles. The Balaban J connectivity index is 2.71. The molecular weight excluding hydrogens is 286 g/mol. The molecule has 3 N–H and O–H groups in total. The van der Waals surface area contributed by atoms with E-state index in [1.54, 1.807) is 0 Å². The highest BCUT2D eigenvalue weighted by molar-refractivity contribution is 8.00. The van der Waals surface area contributed by atoms with Gasteiger partial charge >= 0.3 is 0 Å². The molecule has 0 aliphatic rings. The van der Waals surface area contributed by atoms with E-state index in [0.29, 0.717) is 6.54 Å². The molecule has 1 aromatic rings. The van der Waals surface area contributed by atoms with Gasteiger partial charge in [0.15, 0.2) is 5.16 Å². The molecule has 0 spiro atoms. The van der Waals surface area contributed by atoms with Gasteiger partial charge in [0.2, 0.25) is 5.91 Å². The highest BCUT2D eigenvalue weighted by Gasteiger charge is 2.20. The maximum Gasteiger partial charge on any atom is 0.233 e. The maximum atomic E-state index is 12.2. The molecule has 1 rings (SSSR count). The van der Waals surface area contributed by atoms with Crippen LogP contribution >= 0.6 is 11.8 Å². The van der Waals surface area contributed by atoms with E-state index in [4.69, 9.17) is 5.73 Å². The zero-order chi connectivity index (χ0) is 15.8. The summed E-state index contributed by atoms with van der Waals surface area (Å²) in [5, 5.41) is 11.9.